The largest absolute Gasteiger partial charge is 0.370 e. The molecule has 0 heterocycles. The Kier molecular flexibility index (Phi) is 5.87. The second kappa shape index (κ2) is 8.15. The Balaban J connectivity index is 1.66. The van der Waals surface area contributed by atoms with Crippen molar-refractivity contribution in [1.82, 2.24) is 0 Å². The van der Waals surface area contributed by atoms with Crippen molar-refractivity contribution in [3.63, 3.8) is 0 Å². The highest BCUT2D eigenvalue weighted by Crippen LogP contribution is 2.75. The van der Waals surface area contributed by atoms with E-state index in [1.54, 1.807) is 0 Å². The average Bonchev–Trinajstić information content (AvgIpc) is 2.82. The van der Waals surface area contributed by atoms with Crippen molar-refractivity contribution >= 4 is 17.5 Å². The van der Waals surface area contributed by atoms with Crippen LogP contribution in [0.3, 0.4) is 0 Å². The first-order valence-electron chi connectivity index (χ1n) is 14.7. The van der Waals surface area contributed by atoms with Crippen molar-refractivity contribution in [1.29, 1.82) is 5.26 Å². The topological polar surface area (TPSA) is 101 Å². The molecule has 0 bridgehead atoms. The van der Waals surface area contributed by atoms with Gasteiger partial charge in [-0.15, -0.1) is 0 Å². The third-order valence-electron chi connectivity index (χ3n) is 12.9. The first-order valence-corrected chi connectivity index (χ1v) is 14.7. The first kappa shape index (κ1) is 27.4. The molecule has 0 radical (unpaired) electrons. The van der Waals surface area contributed by atoms with E-state index in [1.165, 1.54) is 0 Å². The number of carbonyl (C=O) groups is 3. The van der Waals surface area contributed by atoms with Crippen molar-refractivity contribution in [2.24, 2.45) is 56.0 Å². The van der Waals surface area contributed by atoms with Crippen LogP contribution in [0.2, 0.25) is 0 Å². The van der Waals surface area contributed by atoms with Crippen LogP contribution in [0.1, 0.15) is 106 Å². The Bertz CT molecular complexity index is 1220. The molecule has 0 spiro atoms. The molecule has 5 heteroatoms. The highest BCUT2D eigenvalue weighted by molar-refractivity contribution is 6.04. The molecule has 0 aliphatic heterocycles. The second-order valence-electron chi connectivity index (χ2n) is 15.6. The van der Waals surface area contributed by atoms with Gasteiger partial charge in [0.2, 0.25) is 5.91 Å². The molecule has 3 saturated carbocycles. The predicted octanol–water partition coefficient (Wildman–Crippen LogP) is 6.47. The molecule has 5 aliphatic carbocycles. The highest BCUT2D eigenvalue weighted by atomic mass is 16.1. The van der Waals surface area contributed by atoms with Crippen molar-refractivity contribution in [2.45, 2.75) is 106 Å². The molecular formula is C33H46N2O3. The van der Waals surface area contributed by atoms with Crippen molar-refractivity contribution in [3.05, 3.63) is 23.3 Å². The number of hydrogen-bond donors (Lipinski definition) is 1. The summed E-state index contributed by atoms with van der Waals surface area (Å²) in [4.78, 5) is 39.6. The first-order chi connectivity index (χ1) is 17.5. The van der Waals surface area contributed by atoms with Gasteiger partial charge in [-0.3, -0.25) is 14.4 Å². The van der Waals surface area contributed by atoms with E-state index in [0.717, 1.165) is 56.9 Å². The lowest BCUT2D eigenvalue weighted by molar-refractivity contribution is -0.172. The van der Waals surface area contributed by atoms with Crippen LogP contribution in [-0.4, -0.2) is 17.5 Å². The second-order valence-corrected chi connectivity index (χ2v) is 15.6. The number of allylic oxidation sites excluding steroid dienone is 4. The molecule has 206 valence electrons. The zero-order valence-corrected chi connectivity index (χ0v) is 24.5. The summed E-state index contributed by atoms with van der Waals surface area (Å²) in [5.74, 6) is 0.0929. The molecule has 7 unspecified atom stereocenters. The summed E-state index contributed by atoms with van der Waals surface area (Å²) >= 11 is 0. The van der Waals surface area contributed by atoms with E-state index in [-0.39, 0.29) is 62.5 Å². The average molecular weight is 519 g/mol. The number of nitrogens with two attached hydrogens (primary N) is 1. The monoisotopic (exact) mass is 518 g/mol. The van der Waals surface area contributed by atoms with Gasteiger partial charge < -0.3 is 5.73 Å². The number of fused-ring (bicyclic) bond motifs is 7. The standard InChI is InChI=1S/C33H46N2O3/c1-28(2)12-14-33(11-9-25(35)37)15-13-32(7)26(21(33)18-28)22(36)16-24-30(5)17-20(19-34)27(38)29(3,4)23(30)8-10-31(24,32)6/h16-17,21,23,26H,8-15,18H2,1-7H3,(H2,35,37). The Morgan fingerprint density at radius 3 is 2.32 bits per heavy atom. The molecular weight excluding hydrogens is 472 g/mol. The zero-order chi connectivity index (χ0) is 28.1. The Hall–Kier alpha value is -2.22. The van der Waals surface area contributed by atoms with Crippen molar-refractivity contribution < 1.29 is 14.4 Å². The Labute approximate surface area is 228 Å². The fraction of sp³-hybridized carbons (Fsp3) is 0.758. The maximum Gasteiger partial charge on any atom is 0.217 e. The third kappa shape index (κ3) is 3.44. The molecule has 5 aliphatic rings. The molecule has 0 saturated heterocycles. The SMILES string of the molecule is CC1(C)CCC2(CCC(N)=O)CCC3(C)C(C(=O)C=C4C5(C)C=C(C#N)C(=O)C(C)(C)C5CCC43C)C2C1. The van der Waals surface area contributed by atoms with Crippen LogP contribution in [0.25, 0.3) is 0 Å². The minimum Gasteiger partial charge on any atom is -0.370 e. The van der Waals surface area contributed by atoms with Gasteiger partial charge in [-0.2, -0.15) is 5.26 Å². The molecule has 3 fully saturated rings. The smallest absolute Gasteiger partial charge is 0.217 e. The summed E-state index contributed by atoms with van der Waals surface area (Å²) in [6.45, 7) is 15.5. The van der Waals surface area contributed by atoms with Gasteiger partial charge in [-0.25, -0.2) is 0 Å². The quantitative estimate of drug-likeness (QED) is 0.462. The molecule has 0 aromatic rings. The molecule has 7 atom stereocenters. The van der Waals surface area contributed by atoms with Gasteiger partial charge in [-0.05, 0) is 90.9 Å². The summed E-state index contributed by atoms with van der Waals surface area (Å²) in [7, 11) is 0. The molecule has 38 heavy (non-hydrogen) atoms. The van der Waals surface area contributed by atoms with Gasteiger partial charge in [-0.1, -0.05) is 60.1 Å². The van der Waals surface area contributed by atoms with E-state index in [1.807, 2.05) is 26.0 Å². The van der Waals surface area contributed by atoms with E-state index < -0.39 is 10.8 Å². The number of carbonyl (C=O) groups excluding carboxylic acids is 3. The molecule has 0 aromatic carbocycles. The van der Waals surface area contributed by atoms with Crippen LogP contribution in [0.5, 0.6) is 0 Å². The van der Waals surface area contributed by atoms with Crippen LogP contribution in [0.15, 0.2) is 23.3 Å². The number of primary amides is 1. The van der Waals surface area contributed by atoms with E-state index in [2.05, 4.69) is 40.7 Å². The van der Waals surface area contributed by atoms with Gasteiger partial charge in [0.15, 0.2) is 11.6 Å². The van der Waals surface area contributed by atoms with Gasteiger partial charge in [0.25, 0.3) is 0 Å². The molecule has 0 aromatic heterocycles. The molecule has 5 rings (SSSR count). The zero-order valence-electron chi connectivity index (χ0n) is 24.5. The maximum absolute atomic E-state index is 14.4. The third-order valence-corrected chi connectivity index (χ3v) is 12.9. The minimum atomic E-state index is -0.651. The summed E-state index contributed by atoms with van der Waals surface area (Å²) in [6, 6.07) is 2.19. The predicted molar refractivity (Wildman–Crippen MR) is 147 cm³/mol. The van der Waals surface area contributed by atoms with E-state index >= 15 is 0 Å². The summed E-state index contributed by atoms with van der Waals surface area (Å²) in [6.07, 6.45) is 12.0. The molecule has 1 amide bonds. The van der Waals surface area contributed by atoms with Gasteiger partial charge in [0, 0.05) is 23.2 Å². The molecule has 5 nitrogen and oxygen atoms in total. The van der Waals surface area contributed by atoms with E-state index in [9.17, 15) is 19.6 Å². The fourth-order valence-electron chi connectivity index (χ4n) is 10.5. The summed E-state index contributed by atoms with van der Waals surface area (Å²) in [5.41, 5.74) is 5.57. The minimum absolute atomic E-state index is 0.0136. The Morgan fingerprint density at radius 2 is 1.68 bits per heavy atom. The summed E-state index contributed by atoms with van der Waals surface area (Å²) < 4.78 is 0. The van der Waals surface area contributed by atoms with Crippen molar-refractivity contribution in [3.8, 4) is 6.07 Å². The highest BCUT2D eigenvalue weighted by Gasteiger charge is 2.69. The fourth-order valence-corrected chi connectivity index (χ4v) is 10.5. The lowest BCUT2D eigenvalue weighted by Gasteiger charge is -2.69. The van der Waals surface area contributed by atoms with Crippen LogP contribution >= 0.6 is 0 Å². The van der Waals surface area contributed by atoms with Gasteiger partial charge >= 0.3 is 0 Å². The lowest BCUT2D eigenvalue weighted by Crippen LogP contribution is -2.64. The maximum atomic E-state index is 14.4. The number of amides is 1. The number of ketones is 2. The van der Waals surface area contributed by atoms with E-state index in [0.29, 0.717) is 6.42 Å². The number of nitrogens with zero attached hydrogens (tertiary/aromatic N) is 1. The van der Waals surface area contributed by atoms with Crippen LogP contribution in [0, 0.1) is 61.6 Å². The van der Waals surface area contributed by atoms with Crippen LogP contribution in [0.4, 0.5) is 0 Å². The normalized spacial score (nSPS) is 44.8. The number of Topliss-reactive ketones (excluding diaryl/α,β-unsaturated/α-hetero) is 1. The Morgan fingerprint density at radius 1 is 1.03 bits per heavy atom. The number of rotatable bonds is 3. The van der Waals surface area contributed by atoms with Crippen LogP contribution < -0.4 is 5.73 Å². The number of nitriles is 1. The summed E-state index contributed by atoms with van der Waals surface area (Å²) in [5, 5.41) is 9.89. The van der Waals surface area contributed by atoms with Gasteiger partial charge in [0.05, 0.1) is 5.57 Å². The lowest BCUT2D eigenvalue weighted by atomic mass is 9.34. The molecule has 2 N–H and O–H groups in total. The van der Waals surface area contributed by atoms with Crippen molar-refractivity contribution in [2.75, 3.05) is 0 Å². The van der Waals surface area contributed by atoms with Gasteiger partial charge in [0.1, 0.15) is 6.07 Å². The van der Waals surface area contributed by atoms with E-state index in [4.69, 9.17) is 5.73 Å². The van der Waals surface area contributed by atoms with Crippen LogP contribution in [-0.2, 0) is 14.4 Å². The number of hydrogen-bond acceptors (Lipinski definition) is 4.